The number of rotatable bonds is 7. The fourth-order valence-corrected chi connectivity index (χ4v) is 5.42. The highest BCUT2D eigenvalue weighted by atomic mass is 79.9. The van der Waals surface area contributed by atoms with Crippen LogP contribution in [0.15, 0.2) is 93.9 Å². The number of aromatic nitrogens is 1. The molecule has 1 amide bonds. The fourth-order valence-electron chi connectivity index (χ4n) is 4.40. The van der Waals surface area contributed by atoms with Crippen LogP contribution in [0, 0.1) is 6.92 Å². The van der Waals surface area contributed by atoms with Gasteiger partial charge in [0.2, 0.25) is 5.91 Å². The molecule has 2 atom stereocenters. The Labute approximate surface area is 223 Å². The Morgan fingerprint density at radius 3 is 2.67 bits per heavy atom. The lowest BCUT2D eigenvalue weighted by Crippen LogP contribution is -2.32. The maximum atomic E-state index is 12.7. The van der Waals surface area contributed by atoms with Gasteiger partial charge in [-0.2, -0.15) is 0 Å². The third kappa shape index (κ3) is 5.20. The summed E-state index contributed by atoms with van der Waals surface area (Å²) < 4.78 is 7.38. The Hall–Kier alpha value is -3.49. The van der Waals surface area contributed by atoms with E-state index in [1.54, 1.807) is 6.20 Å². The number of carbonyl (C=O) groups is 1. The van der Waals surface area contributed by atoms with Crippen molar-refractivity contribution in [2.24, 2.45) is 0 Å². The molecule has 36 heavy (non-hydrogen) atoms. The predicted octanol–water partition coefficient (Wildman–Crippen LogP) is 6.41. The lowest BCUT2D eigenvalue weighted by Gasteiger charge is -2.25. The highest BCUT2D eigenvalue weighted by Crippen LogP contribution is 2.41. The van der Waals surface area contributed by atoms with E-state index in [-0.39, 0.29) is 24.4 Å². The molecular weight excluding hydrogens is 536 g/mol. The molecule has 0 bridgehead atoms. The number of carbonyl (C=O) groups excluding carboxylic acids is 1. The summed E-state index contributed by atoms with van der Waals surface area (Å²) in [7, 11) is 0. The maximum Gasteiger partial charge on any atom is 0.226 e. The second-order valence-corrected chi connectivity index (χ2v) is 9.91. The van der Waals surface area contributed by atoms with Gasteiger partial charge in [0.05, 0.1) is 11.7 Å². The van der Waals surface area contributed by atoms with Crippen molar-refractivity contribution in [2.45, 2.75) is 25.4 Å². The van der Waals surface area contributed by atoms with E-state index in [1.165, 1.54) is 0 Å². The van der Waals surface area contributed by atoms with Gasteiger partial charge >= 0.3 is 0 Å². The molecule has 6 nitrogen and oxygen atoms in total. The minimum Gasteiger partial charge on any atom is -0.459 e. The number of hydrogen-bond acceptors (Lipinski definition) is 4. The van der Waals surface area contributed by atoms with Gasteiger partial charge in [0.1, 0.15) is 17.6 Å². The topological polar surface area (TPSA) is 70.4 Å². The van der Waals surface area contributed by atoms with Gasteiger partial charge in [0.25, 0.3) is 0 Å². The Balaban J connectivity index is 1.42. The monoisotopic (exact) mass is 560 g/mol. The minimum atomic E-state index is -0.255. The van der Waals surface area contributed by atoms with Crippen LogP contribution in [-0.4, -0.2) is 27.4 Å². The average molecular weight is 562 g/mol. The van der Waals surface area contributed by atoms with E-state index in [4.69, 9.17) is 16.6 Å². The van der Waals surface area contributed by atoms with Crippen molar-refractivity contribution in [1.29, 1.82) is 0 Å². The number of hydrogen-bond donors (Lipinski definition) is 2. The van der Waals surface area contributed by atoms with E-state index >= 15 is 0 Å². The predicted molar refractivity (Wildman–Crippen MR) is 148 cm³/mol. The quantitative estimate of drug-likeness (QED) is 0.254. The van der Waals surface area contributed by atoms with Gasteiger partial charge in [-0.05, 0) is 73.2 Å². The summed E-state index contributed by atoms with van der Waals surface area (Å²) in [5.41, 5.74) is 3.77. The molecule has 0 radical (unpaired) electrons. The molecule has 2 N–H and O–H groups in total. The first-order chi connectivity index (χ1) is 17.5. The third-order valence-electron chi connectivity index (χ3n) is 6.14. The number of halogens is 1. The van der Waals surface area contributed by atoms with Crippen LogP contribution in [0.3, 0.4) is 0 Å². The van der Waals surface area contributed by atoms with Gasteiger partial charge in [0.15, 0.2) is 5.11 Å². The number of para-hydroxylation sites is 1. The van der Waals surface area contributed by atoms with Crippen molar-refractivity contribution in [3.63, 3.8) is 0 Å². The zero-order valence-corrected chi connectivity index (χ0v) is 22.1. The van der Waals surface area contributed by atoms with Crippen molar-refractivity contribution in [1.82, 2.24) is 15.2 Å². The molecule has 182 valence electrons. The van der Waals surface area contributed by atoms with Crippen molar-refractivity contribution in [3.8, 4) is 11.3 Å². The van der Waals surface area contributed by atoms with Crippen LogP contribution in [0.2, 0.25) is 0 Å². The van der Waals surface area contributed by atoms with Crippen molar-refractivity contribution < 1.29 is 9.21 Å². The van der Waals surface area contributed by atoms with E-state index in [9.17, 15) is 4.79 Å². The van der Waals surface area contributed by atoms with Crippen LogP contribution in [0.25, 0.3) is 11.3 Å². The van der Waals surface area contributed by atoms with Gasteiger partial charge < -0.3 is 20.0 Å². The summed E-state index contributed by atoms with van der Waals surface area (Å²) in [6.45, 7) is 2.49. The van der Waals surface area contributed by atoms with Gasteiger partial charge in [-0.25, -0.2) is 0 Å². The fraction of sp³-hybridized carbons (Fsp3) is 0.179. The molecule has 1 aliphatic rings. The van der Waals surface area contributed by atoms with Gasteiger partial charge in [-0.1, -0.05) is 46.3 Å². The van der Waals surface area contributed by atoms with Crippen molar-refractivity contribution in [2.75, 3.05) is 11.9 Å². The number of thiocarbonyl (C=S) groups is 1. The van der Waals surface area contributed by atoms with Crippen LogP contribution in [0.5, 0.6) is 0 Å². The molecule has 2 aromatic heterocycles. The largest absolute Gasteiger partial charge is 0.459 e. The molecular formula is C28H25BrN4O2S. The normalized spacial score (nSPS) is 17.2. The summed E-state index contributed by atoms with van der Waals surface area (Å²) in [5.74, 6) is 1.44. The second kappa shape index (κ2) is 10.6. The lowest BCUT2D eigenvalue weighted by atomic mass is 10.0. The number of nitrogens with one attached hydrogen (secondary N) is 2. The molecule has 8 heteroatoms. The molecule has 0 spiro atoms. The number of aryl methyl sites for hydroxylation is 1. The first-order valence-corrected chi connectivity index (χ1v) is 12.9. The standard InChI is InChI=1S/C28H25BrN4O2S/c1-18-10-11-20(21(29)17-18)23-12-13-24(35-23)27-26(22-9-5-6-15-30-22)32-28(36)33(27)16-14-25(34)31-19-7-3-2-4-8-19/h2-13,15,17,26-27H,14,16H2,1H3,(H,31,34)(H,32,36). The zero-order chi connectivity index (χ0) is 25.1. The SMILES string of the molecule is Cc1ccc(-c2ccc(C3C(c4ccccn4)NC(=S)N3CCC(=O)Nc3ccccc3)o2)c(Br)c1. The summed E-state index contributed by atoms with van der Waals surface area (Å²) in [6, 6.07) is 24.9. The molecule has 1 saturated heterocycles. The minimum absolute atomic E-state index is 0.0762. The number of amides is 1. The van der Waals surface area contributed by atoms with E-state index in [1.807, 2.05) is 71.6 Å². The first-order valence-electron chi connectivity index (χ1n) is 11.7. The van der Waals surface area contributed by atoms with Crippen LogP contribution in [0.4, 0.5) is 5.69 Å². The highest BCUT2D eigenvalue weighted by Gasteiger charge is 2.41. The maximum absolute atomic E-state index is 12.7. The molecule has 2 aromatic carbocycles. The molecule has 3 heterocycles. The van der Waals surface area contributed by atoms with E-state index in [2.05, 4.69) is 50.6 Å². The first kappa shape index (κ1) is 24.2. The Bertz CT molecular complexity index is 1380. The smallest absolute Gasteiger partial charge is 0.226 e. The van der Waals surface area contributed by atoms with Crippen molar-refractivity contribution in [3.05, 3.63) is 107 Å². The van der Waals surface area contributed by atoms with Gasteiger partial charge in [0, 0.05) is 34.9 Å². The van der Waals surface area contributed by atoms with Crippen LogP contribution < -0.4 is 10.6 Å². The Morgan fingerprint density at radius 1 is 1.11 bits per heavy atom. The Morgan fingerprint density at radius 2 is 1.92 bits per heavy atom. The number of benzene rings is 2. The van der Waals surface area contributed by atoms with Crippen LogP contribution in [-0.2, 0) is 4.79 Å². The molecule has 4 aromatic rings. The van der Waals surface area contributed by atoms with Gasteiger partial charge in [-0.3, -0.25) is 9.78 Å². The summed E-state index contributed by atoms with van der Waals surface area (Å²) in [6.07, 6.45) is 2.04. The van der Waals surface area contributed by atoms with Crippen molar-refractivity contribution >= 4 is 44.9 Å². The summed E-state index contributed by atoms with van der Waals surface area (Å²) in [4.78, 5) is 19.3. The van der Waals surface area contributed by atoms with E-state index in [0.29, 0.717) is 11.7 Å². The zero-order valence-electron chi connectivity index (χ0n) is 19.6. The number of anilines is 1. The molecule has 1 fully saturated rings. The number of pyridine rings is 1. The highest BCUT2D eigenvalue weighted by molar-refractivity contribution is 9.10. The van der Waals surface area contributed by atoms with Crippen LogP contribution >= 0.6 is 28.1 Å². The number of furan rings is 1. The van der Waals surface area contributed by atoms with Crippen LogP contribution in [0.1, 0.15) is 35.5 Å². The molecule has 1 aliphatic heterocycles. The average Bonchev–Trinajstić information content (AvgIpc) is 3.48. The lowest BCUT2D eigenvalue weighted by molar-refractivity contribution is -0.116. The van der Waals surface area contributed by atoms with E-state index in [0.717, 1.165) is 38.5 Å². The molecule has 2 unspecified atom stereocenters. The summed E-state index contributed by atoms with van der Waals surface area (Å²) in [5, 5.41) is 6.92. The summed E-state index contributed by atoms with van der Waals surface area (Å²) >= 11 is 9.37. The molecule has 0 aliphatic carbocycles. The Kier molecular flexibility index (Phi) is 7.16. The third-order valence-corrected chi connectivity index (χ3v) is 7.15. The second-order valence-electron chi connectivity index (χ2n) is 8.67. The molecule has 0 saturated carbocycles. The molecule has 5 rings (SSSR count). The number of nitrogens with zero attached hydrogens (tertiary/aromatic N) is 2. The van der Waals surface area contributed by atoms with Gasteiger partial charge in [-0.15, -0.1) is 0 Å². The van der Waals surface area contributed by atoms with E-state index < -0.39 is 0 Å².